The Labute approximate surface area is 189 Å². The van der Waals surface area contributed by atoms with Crippen LogP contribution < -0.4 is 5.32 Å². The van der Waals surface area contributed by atoms with E-state index in [0.29, 0.717) is 12.1 Å². The van der Waals surface area contributed by atoms with Gasteiger partial charge in [-0.15, -0.1) is 11.3 Å². The molecule has 0 aliphatic carbocycles. The second-order valence-corrected chi connectivity index (χ2v) is 8.93. The molecule has 2 N–H and O–H groups in total. The van der Waals surface area contributed by atoms with Crippen LogP contribution in [-0.2, 0) is 6.42 Å². The van der Waals surface area contributed by atoms with E-state index >= 15 is 0 Å². The van der Waals surface area contributed by atoms with Gasteiger partial charge in [-0.05, 0) is 55.2 Å². The molecule has 0 aliphatic heterocycles. The van der Waals surface area contributed by atoms with Gasteiger partial charge in [-0.1, -0.05) is 42.5 Å². The maximum absolute atomic E-state index is 14.2. The third kappa shape index (κ3) is 3.89. The minimum Gasteiger partial charge on any atom is -0.368 e. The van der Waals surface area contributed by atoms with E-state index in [1.807, 2.05) is 38.1 Å². The molecule has 0 bridgehead atoms. The van der Waals surface area contributed by atoms with E-state index < -0.39 is 0 Å². The molecule has 2 aromatic carbocycles. The number of aryl methyl sites for hydroxylation is 2. The van der Waals surface area contributed by atoms with E-state index in [2.05, 4.69) is 50.6 Å². The molecule has 0 radical (unpaired) electrons. The molecule has 6 heteroatoms. The molecule has 0 atom stereocenters. The van der Waals surface area contributed by atoms with Gasteiger partial charge in [-0.25, -0.2) is 14.4 Å². The molecule has 0 spiro atoms. The van der Waals surface area contributed by atoms with Crippen LogP contribution in [0.1, 0.15) is 27.3 Å². The number of hydrogen-bond donors (Lipinski definition) is 2. The van der Waals surface area contributed by atoms with Crippen LogP contribution in [0.4, 0.5) is 10.2 Å². The van der Waals surface area contributed by atoms with Crippen molar-refractivity contribution in [1.82, 2.24) is 15.0 Å². The molecule has 0 fully saturated rings. The van der Waals surface area contributed by atoms with E-state index in [-0.39, 0.29) is 5.82 Å². The number of anilines is 1. The summed E-state index contributed by atoms with van der Waals surface area (Å²) in [6.45, 7) is 4.72. The number of aromatic amines is 1. The predicted octanol–water partition coefficient (Wildman–Crippen LogP) is 6.75. The summed E-state index contributed by atoms with van der Waals surface area (Å²) >= 11 is 1.67. The fraction of sp³-hybridized carbons (Fsp3) is 0.154. The summed E-state index contributed by atoms with van der Waals surface area (Å²) in [6, 6.07) is 15.7. The quantitative estimate of drug-likeness (QED) is 0.306. The second-order valence-electron chi connectivity index (χ2n) is 7.85. The summed E-state index contributed by atoms with van der Waals surface area (Å²) in [4.78, 5) is 13.2. The Balaban J connectivity index is 1.36. The van der Waals surface area contributed by atoms with Crippen molar-refractivity contribution in [1.29, 1.82) is 0 Å². The Hall–Kier alpha value is -3.51. The standard InChI is InChI=1S/C26H23FN4S/c1-16-8-11-21(27)24-23(16)20(17(2)31-24)12-13-28-26-25-22(29-15-30-26)14-19(32-25)10-9-18-6-4-3-5-7-18/h3-11,14-15,31H,12-13H2,1-2H3,(H,28,29,30). The number of halogens is 1. The first kappa shape index (κ1) is 20.4. The molecule has 0 amide bonds. The lowest BCUT2D eigenvalue weighted by molar-refractivity contribution is 0.637. The molecule has 5 rings (SSSR count). The van der Waals surface area contributed by atoms with Gasteiger partial charge in [0.1, 0.15) is 18.0 Å². The number of hydrogen-bond acceptors (Lipinski definition) is 4. The fourth-order valence-corrected chi connectivity index (χ4v) is 5.06. The Morgan fingerprint density at radius 2 is 1.91 bits per heavy atom. The van der Waals surface area contributed by atoms with Crippen molar-refractivity contribution in [2.24, 2.45) is 0 Å². The fourth-order valence-electron chi connectivity index (χ4n) is 4.08. The van der Waals surface area contributed by atoms with E-state index in [1.54, 1.807) is 17.7 Å². The van der Waals surface area contributed by atoms with E-state index in [4.69, 9.17) is 0 Å². The largest absolute Gasteiger partial charge is 0.368 e. The molecular formula is C26H23FN4S. The molecule has 4 nitrogen and oxygen atoms in total. The Morgan fingerprint density at radius 3 is 2.75 bits per heavy atom. The van der Waals surface area contributed by atoms with Crippen LogP contribution in [0.25, 0.3) is 33.3 Å². The van der Waals surface area contributed by atoms with Crippen molar-refractivity contribution in [3.63, 3.8) is 0 Å². The Bertz CT molecular complexity index is 1430. The van der Waals surface area contributed by atoms with Gasteiger partial charge >= 0.3 is 0 Å². The maximum Gasteiger partial charge on any atom is 0.147 e. The maximum atomic E-state index is 14.2. The highest BCUT2D eigenvalue weighted by Crippen LogP contribution is 2.31. The molecule has 0 saturated carbocycles. The first-order valence-electron chi connectivity index (χ1n) is 10.6. The van der Waals surface area contributed by atoms with Gasteiger partial charge in [0.2, 0.25) is 0 Å². The summed E-state index contributed by atoms with van der Waals surface area (Å²) in [5, 5.41) is 4.45. The molecule has 160 valence electrons. The van der Waals surface area contributed by atoms with Crippen molar-refractivity contribution in [3.05, 3.63) is 87.9 Å². The zero-order chi connectivity index (χ0) is 22.1. The summed E-state index contributed by atoms with van der Waals surface area (Å²) in [5.41, 5.74) is 5.92. The number of H-pyrrole nitrogens is 1. The van der Waals surface area contributed by atoms with E-state index in [9.17, 15) is 4.39 Å². The monoisotopic (exact) mass is 442 g/mol. The number of aromatic nitrogens is 3. The molecule has 5 aromatic rings. The SMILES string of the molecule is Cc1[nH]c2c(F)ccc(C)c2c1CCNc1ncnc2cc(C=Cc3ccccc3)sc12. The number of thiophene rings is 1. The Kier molecular flexibility index (Phi) is 5.45. The summed E-state index contributed by atoms with van der Waals surface area (Å²) in [6.07, 6.45) is 6.58. The first-order valence-corrected chi connectivity index (χ1v) is 11.4. The third-order valence-corrected chi connectivity index (χ3v) is 6.76. The molecular weight excluding hydrogens is 419 g/mol. The van der Waals surface area contributed by atoms with Crippen LogP contribution in [0, 0.1) is 19.7 Å². The first-order chi connectivity index (χ1) is 15.6. The van der Waals surface area contributed by atoms with Crippen molar-refractivity contribution in [2.75, 3.05) is 11.9 Å². The number of fused-ring (bicyclic) bond motifs is 2. The summed E-state index contributed by atoms with van der Waals surface area (Å²) in [5.74, 6) is 0.625. The molecule has 0 aliphatic rings. The van der Waals surface area contributed by atoms with Gasteiger partial charge < -0.3 is 10.3 Å². The zero-order valence-electron chi connectivity index (χ0n) is 17.9. The van der Waals surface area contributed by atoms with Crippen LogP contribution in [0.5, 0.6) is 0 Å². The average Bonchev–Trinajstić information content (AvgIpc) is 3.38. The lowest BCUT2D eigenvalue weighted by Gasteiger charge is -2.07. The van der Waals surface area contributed by atoms with Crippen LogP contribution in [0.3, 0.4) is 0 Å². The van der Waals surface area contributed by atoms with Gasteiger partial charge in [0, 0.05) is 22.5 Å². The summed E-state index contributed by atoms with van der Waals surface area (Å²) in [7, 11) is 0. The minimum atomic E-state index is -0.208. The number of nitrogens with one attached hydrogen (secondary N) is 2. The highest BCUT2D eigenvalue weighted by Gasteiger charge is 2.14. The molecule has 3 aromatic heterocycles. The number of rotatable bonds is 6. The highest BCUT2D eigenvalue weighted by molar-refractivity contribution is 7.20. The van der Waals surface area contributed by atoms with Gasteiger partial charge in [0.05, 0.1) is 15.7 Å². The molecule has 0 saturated heterocycles. The number of nitrogens with zero attached hydrogens (tertiary/aromatic N) is 2. The lowest BCUT2D eigenvalue weighted by Crippen LogP contribution is -2.07. The van der Waals surface area contributed by atoms with Gasteiger partial charge in [0.15, 0.2) is 0 Å². The van der Waals surface area contributed by atoms with Crippen LogP contribution in [-0.4, -0.2) is 21.5 Å². The van der Waals surface area contributed by atoms with Crippen LogP contribution in [0.2, 0.25) is 0 Å². The zero-order valence-corrected chi connectivity index (χ0v) is 18.8. The van der Waals surface area contributed by atoms with Gasteiger partial charge in [0.25, 0.3) is 0 Å². The van der Waals surface area contributed by atoms with E-state index in [0.717, 1.165) is 55.1 Å². The summed E-state index contributed by atoms with van der Waals surface area (Å²) < 4.78 is 15.3. The third-order valence-electron chi connectivity index (χ3n) is 5.67. The van der Waals surface area contributed by atoms with Crippen LogP contribution >= 0.6 is 11.3 Å². The van der Waals surface area contributed by atoms with Crippen molar-refractivity contribution < 1.29 is 4.39 Å². The topological polar surface area (TPSA) is 53.6 Å². The van der Waals surface area contributed by atoms with E-state index in [1.165, 1.54) is 6.07 Å². The second kappa shape index (κ2) is 8.55. The normalized spacial score (nSPS) is 11.7. The van der Waals surface area contributed by atoms with Crippen molar-refractivity contribution >= 4 is 50.4 Å². The Morgan fingerprint density at radius 1 is 1.06 bits per heavy atom. The number of benzene rings is 2. The highest BCUT2D eigenvalue weighted by atomic mass is 32.1. The molecule has 32 heavy (non-hydrogen) atoms. The smallest absolute Gasteiger partial charge is 0.147 e. The average molecular weight is 443 g/mol. The van der Waals surface area contributed by atoms with Crippen molar-refractivity contribution in [2.45, 2.75) is 20.3 Å². The minimum absolute atomic E-state index is 0.208. The van der Waals surface area contributed by atoms with Crippen LogP contribution in [0.15, 0.2) is 54.9 Å². The molecule has 0 unspecified atom stereocenters. The predicted molar refractivity (Wildman–Crippen MR) is 133 cm³/mol. The van der Waals surface area contributed by atoms with Crippen molar-refractivity contribution in [3.8, 4) is 0 Å². The molecule has 3 heterocycles. The van der Waals surface area contributed by atoms with Gasteiger partial charge in [-0.3, -0.25) is 0 Å². The van der Waals surface area contributed by atoms with Gasteiger partial charge in [-0.2, -0.15) is 0 Å². The lowest BCUT2D eigenvalue weighted by atomic mass is 10.0.